The van der Waals surface area contributed by atoms with Crippen molar-refractivity contribution in [2.75, 3.05) is 24.7 Å². The van der Waals surface area contributed by atoms with E-state index in [1.54, 1.807) is 12.1 Å². The van der Waals surface area contributed by atoms with Gasteiger partial charge in [0.25, 0.3) is 5.91 Å². The van der Waals surface area contributed by atoms with Gasteiger partial charge in [0.1, 0.15) is 17.1 Å². The van der Waals surface area contributed by atoms with Gasteiger partial charge >= 0.3 is 0 Å². The summed E-state index contributed by atoms with van der Waals surface area (Å²) in [7, 11) is -2.27. The number of piperidine rings is 1. The Bertz CT molecular complexity index is 1650. The van der Waals surface area contributed by atoms with Gasteiger partial charge in [0.2, 0.25) is 10.0 Å². The number of carbonyl (C=O) groups excluding carboxylic acids is 2. The highest BCUT2D eigenvalue weighted by Crippen LogP contribution is 2.33. The first-order valence-electron chi connectivity index (χ1n) is 13.0. The van der Waals surface area contributed by atoms with Crippen LogP contribution in [-0.4, -0.2) is 60.2 Å². The predicted molar refractivity (Wildman–Crippen MR) is 151 cm³/mol. The number of rotatable bonds is 9. The monoisotopic (exact) mass is 562 g/mol. The van der Waals surface area contributed by atoms with E-state index in [9.17, 15) is 18.0 Å². The molecule has 2 aromatic heterocycles. The molecule has 3 N–H and O–H groups in total. The summed E-state index contributed by atoms with van der Waals surface area (Å²) in [5, 5.41) is 10.9. The number of sulfonamides is 1. The summed E-state index contributed by atoms with van der Waals surface area (Å²) in [5.74, 6) is -0.262. The molecule has 1 saturated heterocycles. The van der Waals surface area contributed by atoms with Crippen LogP contribution in [-0.2, 0) is 10.0 Å². The largest absolute Gasteiger partial charge is 0.495 e. The molecule has 3 heterocycles. The van der Waals surface area contributed by atoms with Gasteiger partial charge in [-0.2, -0.15) is 9.61 Å². The molecule has 2 atom stereocenters. The normalized spacial score (nSPS) is 17.4. The molecule has 2 unspecified atom stereocenters. The maximum atomic E-state index is 14.0. The van der Waals surface area contributed by atoms with E-state index >= 15 is 0 Å². The average molecular weight is 563 g/mol. The van der Waals surface area contributed by atoms with Crippen LogP contribution in [0.4, 0.5) is 11.5 Å². The van der Waals surface area contributed by atoms with Crippen LogP contribution in [0, 0.1) is 0 Å². The number of methoxy groups -OCH3 is 1. The molecule has 1 amide bonds. The highest BCUT2D eigenvalue weighted by Gasteiger charge is 2.31. The lowest BCUT2D eigenvalue weighted by Gasteiger charge is -2.30. The number of ether oxygens (including phenoxy) is 1. The Labute approximate surface area is 232 Å². The van der Waals surface area contributed by atoms with E-state index in [-0.39, 0.29) is 40.0 Å². The lowest BCUT2D eigenvalue weighted by Crippen LogP contribution is -2.43. The van der Waals surface area contributed by atoms with Crippen molar-refractivity contribution < 1.29 is 22.7 Å². The minimum absolute atomic E-state index is 0.0426. The summed E-state index contributed by atoms with van der Waals surface area (Å²) in [6, 6.07) is 16.8. The Morgan fingerprint density at radius 2 is 1.82 bits per heavy atom. The number of nitrogens with one attached hydrogen (secondary N) is 3. The highest BCUT2D eigenvalue weighted by molar-refractivity contribution is 7.90. The first-order valence-corrected chi connectivity index (χ1v) is 14.6. The first-order chi connectivity index (χ1) is 19.3. The third-order valence-corrected chi connectivity index (χ3v) is 8.27. The van der Waals surface area contributed by atoms with E-state index in [2.05, 4.69) is 32.8 Å². The minimum Gasteiger partial charge on any atom is -0.495 e. The summed E-state index contributed by atoms with van der Waals surface area (Å²) in [5.41, 5.74) is 2.07. The second-order valence-electron chi connectivity index (χ2n) is 9.48. The van der Waals surface area contributed by atoms with Crippen LogP contribution in [0.15, 0.2) is 67.0 Å². The summed E-state index contributed by atoms with van der Waals surface area (Å²) >= 11 is 0. The van der Waals surface area contributed by atoms with E-state index < -0.39 is 22.0 Å². The summed E-state index contributed by atoms with van der Waals surface area (Å²) < 4.78 is 32.9. The van der Waals surface area contributed by atoms with Crippen molar-refractivity contribution in [2.24, 2.45) is 0 Å². The lowest BCUT2D eigenvalue weighted by atomic mass is 9.84. The van der Waals surface area contributed by atoms with Gasteiger partial charge in [-0.05, 0) is 49.9 Å². The summed E-state index contributed by atoms with van der Waals surface area (Å²) in [4.78, 5) is 31.2. The molecule has 5 rings (SSSR count). The van der Waals surface area contributed by atoms with Gasteiger partial charge < -0.3 is 15.4 Å². The van der Waals surface area contributed by atoms with Crippen molar-refractivity contribution in [1.29, 1.82) is 0 Å². The number of fused-ring (bicyclic) bond motifs is 1. The van der Waals surface area contributed by atoms with Crippen LogP contribution in [0.5, 0.6) is 5.75 Å². The standard InChI is InChI=1S/C28H30N6O5S/c1-3-40(37,38)33-28(36)21-17-31-34-26(21)30-16-20(27(34)32-22-11-7-8-12-24(22)39-2)25(35)23-15-19(13-14-29-23)18-9-5-4-6-10-18/h4-12,16-17,19,23,29,32H,3,13-15H2,1-2H3,(H,33,36). The molecule has 0 spiro atoms. The zero-order valence-electron chi connectivity index (χ0n) is 22.1. The Morgan fingerprint density at radius 3 is 2.58 bits per heavy atom. The zero-order valence-corrected chi connectivity index (χ0v) is 22.9. The van der Waals surface area contributed by atoms with Crippen LogP contribution in [0.1, 0.15) is 52.0 Å². The predicted octanol–water partition coefficient (Wildman–Crippen LogP) is 3.28. The SMILES string of the molecule is CCS(=O)(=O)NC(=O)c1cnn2c(Nc3ccccc3OC)c(C(=O)C3CC(c4ccccc4)CCN3)cnc12. The average Bonchev–Trinajstić information content (AvgIpc) is 3.42. The van der Waals surface area contributed by atoms with E-state index in [0.717, 1.165) is 6.42 Å². The molecular formula is C28H30N6O5S. The van der Waals surface area contributed by atoms with Gasteiger partial charge in [-0.25, -0.2) is 18.1 Å². The topological polar surface area (TPSA) is 144 Å². The molecule has 0 aliphatic carbocycles. The van der Waals surface area contributed by atoms with Crippen molar-refractivity contribution in [2.45, 2.75) is 31.7 Å². The van der Waals surface area contributed by atoms with Crippen molar-refractivity contribution in [3.05, 3.63) is 83.7 Å². The maximum absolute atomic E-state index is 14.0. The fourth-order valence-electron chi connectivity index (χ4n) is 4.87. The van der Waals surface area contributed by atoms with Crippen molar-refractivity contribution >= 4 is 38.9 Å². The number of ketones is 1. The molecule has 0 radical (unpaired) electrons. The Hall–Kier alpha value is -4.29. The number of amides is 1. The Kier molecular flexibility index (Phi) is 7.81. The van der Waals surface area contributed by atoms with Gasteiger partial charge in [0, 0.05) is 6.20 Å². The number of para-hydroxylation sites is 2. The summed E-state index contributed by atoms with van der Waals surface area (Å²) in [6.45, 7) is 2.11. The number of aromatic nitrogens is 3. The van der Waals surface area contributed by atoms with Crippen LogP contribution < -0.4 is 20.1 Å². The maximum Gasteiger partial charge on any atom is 0.270 e. The molecule has 208 valence electrons. The summed E-state index contributed by atoms with van der Waals surface area (Å²) in [6.07, 6.45) is 4.15. The zero-order chi connectivity index (χ0) is 28.3. The second-order valence-corrected chi connectivity index (χ2v) is 11.5. The molecule has 12 heteroatoms. The number of benzene rings is 2. The molecule has 0 bridgehead atoms. The molecule has 1 aliphatic rings. The first kappa shape index (κ1) is 27.3. The minimum atomic E-state index is -3.80. The van der Waals surface area contributed by atoms with Crippen LogP contribution in [0.3, 0.4) is 0 Å². The van der Waals surface area contributed by atoms with Crippen LogP contribution in [0.2, 0.25) is 0 Å². The molecule has 40 heavy (non-hydrogen) atoms. The van der Waals surface area contributed by atoms with Gasteiger partial charge in [-0.3, -0.25) is 9.59 Å². The van der Waals surface area contributed by atoms with E-state index in [4.69, 9.17) is 4.74 Å². The number of Topliss-reactive ketones (excluding diaryl/α,β-unsaturated/α-hetero) is 1. The fraction of sp³-hybridized carbons (Fsp3) is 0.286. The molecule has 4 aromatic rings. The van der Waals surface area contributed by atoms with Crippen molar-refractivity contribution in [1.82, 2.24) is 24.6 Å². The van der Waals surface area contributed by atoms with Gasteiger partial charge in [0.15, 0.2) is 11.4 Å². The van der Waals surface area contributed by atoms with Crippen molar-refractivity contribution in [3.63, 3.8) is 0 Å². The molecule has 0 saturated carbocycles. The Balaban J connectivity index is 1.56. The third-order valence-electron chi connectivity index (χ3n) is 7.02. The quantitative estimate of drug-likeness (QED) is 0.262. The molecule has 2 aromatic carbocycles. The van der Waals surface area contributed by atoms with Crippen molar-refractivity contribution in [3.8, 4) is 5.75 Å². The van der Waals surface area contributed by atoms with Gasteiger partial charge in [0.05, 0.1) is 36.4 Å². The molecule has 1 aliphatic heterocycles. The van der Waals surface area contributed by atoms with Crippen LogP contribution >= 0.6 is 0 Å². The smallest absolute Gasteiger partial charge is 0.270 e. The van der Waals surface area contributed by atoms with Gasteiger partial charge in [-0.1, -0.05) is 42.5 Å². The number of nitrogens with zero attached hydrogens (tertiary/aromatic N) is 3. The number of carbonyl (C=O) groups is 2. The van der Waals surface area contributed by atoms with E-state index in [1.165, 1.54) is 36.5 Å². The van der Waals surface area contributed by atoms with Gasteiger partial charge in [-0.15, -0.1) is 0 Å². The Morgan fingerprint density at radius 1 is 1.07 bits per heavy atom. The molecule has 1 fully saturated rings. The molecular weight excluding hydrogens is 532 g/mol. The lowest BCUT2D eigenvalue weighted by molar-refractivity contribution is 0.0920. The fourth-order valence-corrected chi connectivity index (χ4v) is 5.41. The second kappa shape index (κ2) is 11.4. The third kappa shape index (κ3) is 5.54. The molecule has 11 nitrogen and oxygen atoms in total. The van der Waals surface area contributed by atoms with E-state index in [0.29, 0.717) is 24.4 Å². The number of hydrogen-bond acceptors (Lipinski definition) is 9. The number of hydrogen-bond donors (Lipinski definition) is 3. The van der Waals surface area contributed by atoms with E-state index in [1.807, 2.05) is 35.1 Å². The highest BCUT2D eigenvalue weighted by atomic mass is 32.2. The number of anilines is 2. The van der Waals surface area contributed by atoms with Crippen LogP contribution in [0.25, 0.3) is 5.65 Å².